The highest BCUT2D eigenvalue weighted by molar-refractivity contribution is 7.53. The van der Waals surface area contributed by atoms with Gasteiger partial charge in [0, 0.05) is 5.56 Å². The summed E-state index contributed by atoms with van der Waals surface area (Å²) in [6.07, 6.45) is 2.98. The summed E-state index contributed by atoms with van der Waals surface area (Å²) >= 11 is 0. The minimum atomic E-state index is -4.56. The predicted molar refractivity (Wildman–Crippen MR) is 107 cm³/mol. The van der Waals surface area contributed by atoms with Crippen molar-refractivity contribution < 1.29 is 23.9 Å². The van der Waals surface area contributed by atoms with Gasteiger partial charge in [-0.15, -0.1) is 0 Å². The number of carbonyl (C=O) groups excluding carboxylic acids is 1. The number of nitrogens with zero attached hydrogens (tertiary/aromatic N) is 2. The summed E-state index contributed by atoms with van der Waals surface area (Å²) in [5.74, 6) is 0.428. The quantitative estimate of drug-likeness (QED) is 0.573. The number of nitrogens with one attached hydrogen (secondary N) is 1. The molecule has 152 valence electrons. The summed E-state index contributed by atoms with van der Waals surface area (Å²) in [6.45, 7) is 7.49. The molecule has 0 aliphatic rings. The summed E-state index contributed by atoms with van der Waals surface area (Å²) in [4.78, 5) is 39.6. The first kappa shape index (κ1) is 22.0. The first-order valence-electron chi connectivity index (χ1n) is 9.01. The summed E-state index contributed by atoms with van der Waals surface area (Å²) in [5.41, 5.74) is -0.349. The SMILES string of the molecule is CC(C)C[C@H](C(=O)Nc1cnc(-c2ccc(OC(C)C)cc2)nc1)P(=O)(O)O. The molecule has 0 bridgehead atoms. The molecule has 1 atom stereocenters. The summed E-state index contributed by atoms with van der Waals surface area (Å²) in [6, 6.07) is 7.31. The number of carbonyl (C=O) groups is 1. The van der Waals surface area contributed by atoms with Crippen molar-refractivity contribution >= 4 is 19.2 Å². The Bertz CT molecular complexity index is 832. The van der Waals surface area contributed by atoms with E-state index in [9.17, 15) is 19.1 Å². The summed E-state index contributed by atoms with van der Waals surface area (Å²) in [7, 11) is -4.56. The van der Waals surface area contributed by atoms with Gasteiger partial charge in [0.1, 0.15) is 11.4 Å². The van der Waals surface area contributed by atoms with E-state index in [4.69, 9.17) is 4.74 Å². The van der Waals surface area contributed by atoms with Crippen molar-refractivity contribution in [3.05, 3.63) is 36.7 Å². The zero-order chi connectivity index (χ0) is 20.9. The number of hydrogen-bond acceptors (Lipinski definition) is 5. The lowest BCUT2D eigenvalue weighted by Crippen LogP contribution is -2.29. The van der Waals surface area contributed by atoms with Crippen LogP contribution in [0.5, 0.6) is 5.75 Å². The molecule has 0 aliphatic heterocycles. The number of anilines is 1. The van der Waals surface area contributed by atoms with E-state index in [1.165, 1.54) is 12.4 Å². The first-order valence-corrected chi connectivity index (χ1v) is 10.7. The Kier molecular flexibility index (Phi) is 7.29. The smallest absolute Gasteiger partial charge is 0.337 e. The molecule has 2 aromatic rings. The molecule has 0 saturated heterocycles. The lowest BCUT2D eigenvalue weighted by atomic mass is 10.1. The first-order chi connectivity index (χ1) is 13.1. The number of rotatable bonds is 8. The van der Waals surface area contributed by atoms with E-state index < -0.39 is 19.2 Å². The van der Waals surface area contributed by atoms with Crippen LogP contribution in [0.25, 0.3) is 11.4 Å². The van der Waals surface area contributed by atoms with Crippen LogP contribution in [-0.4, -0.2) is 37.4 Å². The van der Waals surface area contributed by atoms with E-state index in [2.05, 4.69) is 15.3 Å². The van der Waals surface area contributed by atoms with Gasteiger partial charge in [-0.25, -0.2) is 9.97 Å². The largest absolute Gasteiger partial charge is 0.491 e. The maximum Gasteiger partial charge on any atom is 0.337 e. The molecule has 0 radical (unpaired) electrons. The molecule has 0 unspecified atom stereocenters. The van der Waals surface area contributed by atoms with Crippen LogP contribution >= 0.6 is 7.60 Å². The molecular weight excluding hydrogens is 381 g/mol. The lowest BCUT2D eigenvalue weighted by Gasteiger charge is -2.19. The summed E-state index contributed by atoms with van der Waals surface area (Å²) in [5, 5.41) is 2.49. The maximum atomic E-state index is 12.3. The van der Waals surface area contributed by atoms with Gasteiger partial charge in [0.15, 0.2) is 5.82 Å². The zero-order valence-electron chi connectivity index (χ0n) is 16.4. The van der Waals surface area contributed by atoms with Gasteiger partial charge >= 0.3 is 7.60 Å². The van der Waals surface area contributed by atoms with Crippen molar-refractivity contribution in [2.24, 2.45) is 5.92 Å². The molecule has 3 N–H and O–H groups in total. The van der Waals surface area contributed by atoms with Crippen molar-refractivity contribution in [2.75, 3.05) is 5.32 Å². The van der Waals surface area contributed by atoms with Gasteiger partial charge in [-0.05, 0) is 50.5 Å². The molecule has 28 heavy (non-hydrogen) atoms. The molecule has 9 heteroatoms. The van der Waals surface area contributed by atoms with Crippen LogP contribution in [0.4, 0.5) is 5.69 Å². The molecule has 8 nitrogen and oxygen atoms in total. The Morgan fingerprint density at radius 1 is 1.11 bits per heavy atom. The fourth-order valence-corrected chi connectivity index (χ4v) is 3.63. The highest BCUT2D eigenvalue weighted by Crippen LogP contribution is 2.44. The van der Waals surface area contributed by atoms with Crippen molar-refractivity contribution in [1.82, 2.24) is 9.97 Å². The minimum absolute atomic E-state index is 0.0374. The highest BCUT2D eigenvalue weighted by Gasteiger charge is 2.36. The molecular formula is C19H26N3O5P. The molecule has 1 amide bonds. The van der Waals surface area contributed by atoms with Crippen molar-refractivity contribution in [3.63, 3.8) is 0 Å². The van der Waals surface area contributed by atoms with Gasteiger partial charge in [-0.1, -0.05) is 13.8 Å². The molecule has 0 spiro atoms. The topological polar surface area (TPSA) is 122 Å². The van der Waals surface area contributed by atoms with Crippen LogP contribution in [0, 0.1) is 5.92 Å². The second-order valence-corrected chi connectivity index (χ2v) is 9.01. The van der Waals surface area contributed by atoms with Gasteiger partial charge in [-0.2, -0.15) is 0 Å². The Morgan fingerprint density at radius 2 is 1.68 bits per heavy atom. The molecule has 0 aliphatic carbocycles. The normalized spacial score (nSPS) is 12.9. The van der Waals surface area contributed by atoms with E-state index in [1.54, 1.807) is 13.8 Å². The van der Waals surface area contributed by atoms with Gasteiger partial charge in [0.05, 0.1) is 24.2 Å². The van der Waals surface area contributed by atoms with Crippen LogP contribution in [0.15, 0.2) is 36.7 Å². The van der Waals surface area contributed by atoms with E-state index in [0.29, 0.717) is 5.82 Å². The molecule has 1 heterocycles. The Morgan fingerprint density at radius 3 is 2.14 bits per heavy atom. The number of benzene rings is 1. The fraction of sp³-hybridized carbons (Fsp3) is 0.421. The second kappa shape index (κ2) is 9.28. The van der Waals surface area contributed by atoms with Gasteiger partial charge < -0.3 is 19.8 Å². The number of aromatic nitrogens is 2. The minimum Gasteiger partial charge on any atom is -0.491 e. The van der Waals surface area contributed by atoms with Gasteiger partial charge in [0.25, 0.3) is 0 Å². The third kappa shape index (κ3) is 6.41. The Labute approximate surface area is 164 Å². The van der Waals surface area contributed by atoms with Crippen LogP contribution in [0.1, 0.15) is 34.1 Å². The predicted octanol–water partition coefficient (Wildman–Crippen LogP) is 3.46. The number of hydrogen-bond donors (Lipinski definition) is 3. The third-order valence-corrected chi connectivity index (χ3v) is 5.06. The average molecular weight is 407 g/mol. The van der Waals surface area contributed by atoms with Crippen LogP contribution in [0.3, 0.4) is 0 Å². The Balaban J connectivity index is 2.09. The molecule has 0 saturated carbocycles. The van der Waals surface area contributed by atoms with E-state index >= 15 is 0 Å². The van der Waals surface area contributed by atoms with E-state index in [0.717, 1.165) is 11.3 Å². The van der Waals surface area contributed by atoms with Gasteiger partial charge in [0.2, 0.25) is 5.91 Å². The monoisotopic (exact) mass is 407 g/mol. The number of ether oxygens (including phenoxy) is 1. The van der Waals surface area contributed by atoms with Crippen LogP contribution in [-0.2, 0) is 9.36 Å². The molecule has 1 aromatic carbocycles. The molecule has 0 fully saturated rings. The van der Waals surface area contributed by atoms with Crippen molar-refractivity contribution in [2.45, 2.75) is 45.9 Å². The Hall–Kier alpha value is -2.28. The van der Waals surface area contributed by atoms with E-state index in [-0.39, 0.29) is 24.1 Å². The van der Waals surface area contributed by atoms with Crippen molar-refractivity contribution in [3.8, 4) is 17.1 Å². The zero-order valence-corrected chi connectivity index (χ0v) is 17.3. The average Bonchev–Trinajstić information content (AvgIpc) is 2.59. The lowest BCUT2D eigenvalue weighted by molar-refractivity contribution is -0.116. The second-order valence-electron chi connectivity index (χ2n) is 7.21. The third-order valence-electron chi connectivity index (χ3n) is 3.81. The fourth-order valence-electron chi connectivity index (χ4n) is 2.57. The van der Waals surface area contributed by atoms with Crippen molar-refractivity contribution in [1.29, 1.82) is 0 Å². The van der Waals surface area contributed by atoms with E-state index in [1.807, 2.05) is 38.1 Å². The van der Waals surface area contributed by atoms with Crippen LogP contribution in [0.2, 0.25) is 0 Å². The highest BCUT2D eigenvalue weighted by atomic mass is 31.2. The molecule has 2 rings (SSSR count). The molecule has 1 aromatic heterocycles. The summed E-state index contributed by atoms with van der Waals surface area (Å²) < 4.78 is 17.2. The number of amides is 1. The standard InChI is InChI=1S/C19H26N3O5P/c1-12(2)9-17(28(24,25)26)19(23)22-15-10-20-18(21-11-15)14-5-7-16(8-6-14)27-13(3)4/h5-8,10-13,17H,9H2,1-4H3,(H,22,23)(H2,24,25,26)/t17-/m1/s1. The maximum absolute atomic E-state index is 12.3. The van der Waals surface area contributed by atoms with Gasteiger partial charge in [-0.3, -0.25) is 9.36 Å². The van der Waals surface area contributed by atoms with Crippen LogP contribution < -0.4 is 10.1 Å².